The van der Waals surface area contributed by atoms with E-state index in [0.717, 1.165) is 12.8 Å². The minimum absolute atomic E-state index is 0.0609. The summed E-state index contributed by atoms with van der Waals surface area (Å²) in [6.45, 7) is 2.08. The first-order valence-electron chi connectivity index (χ1n) is 4.64. The maximum absolute atomic E-state index is 9.70. The second-order valence-corrected chi connectivity index (χ2v) is 4.76. The minimum Gasteiger partial charge on any atom is -0.390 e. The van der Waals surface area contributed by atoms with Gasteiger partial charge < -0.3 is 14.9 Å². The van der Waals surface area contributed by atoms with Crippen LogP contribution in [0, 0.1) is 17.3 Å². The highest BCUT2D eigenvalue weighted by molar-refractivity contribution is 5.12. The molecule has 6 atom stereocenters. The Bertz CT molecular complexity index is 230. The van der Waals surface area contributed by atoms with Crippen molar-refractivity contribution >= 4 is 0 Å². The Morgan fingerprint density at radius 2 is 2.17 bits per heavy atom. The fraction of sp³-hybridized carbons (Fsp3) is 1.00. The van der Waals surface area contributed by atoms with E-state index in [4.69, 9.17) is 4.74 Å². The Morgan fingerprint density at radius 1 is 1.42 bits per heavy atom. The standard InChI is InChI=1S/C9H14O3/c1-9-3-4-2-5(9)7(6(4)10)12-8(9)11/h4-8,10-11H,2-3H2,1H3. The van der Waals surface area contributed by atoms with E-state index in [0.29, 0.717) is 11.8 Å². The van der Waals surface area contributed by atoms with Crippen LogP contribution in [0.2, 0.25) is 0 Å². The summed E-state index contributed by atoms with van der Waals surface area (Å²) in [5.41, 5.74) is -0.0609. The van der Waals surface area contributed by atoms with Gasteiger partial charge in [0.1, 0.15) is 0 Å². The summed E-state index contributed by atoms with van der Waals surface area (Å²) in [5.74, 6) is 0.773. The van der Waals surface area contributed by atoms with Crippen molar-refractivity contribution < 1.29 is 14.9 Å². The van der Waals surface area contributed by atoms with Crippen molar-refractivity contribution in [3.63, 3.8) is 0 Å². The second-order valence-electron chi connectivity index (χ2n) is 4.76. The van der Waals surface area contributed by atoms with Crippen LogP contribution < -0.4 is 0 Å². The van der Waals surface area contributed by atoms with Gasteiger partial charge in [0.2, 0.25) is 0 Å². The van der Waals surface area contributed by atoms with Crippen LogP contribution >= 0.6 is 0 Å². The van der Waals surface area contributed by atoms with E-state index in [1.807, 2.05) is 0 Å². The summed E-state index contributed by atoms with van der Waals surface area (Å²) in [7, 11) is 0. The predicted molar refractivity (Wildman–Crippen MR) is 41.2 cm³/mol. The number of aliphatic hydroxyl groups excluding tert-OH is 2. The normalized spacial score (nSPS) is 67.8. The van der Waals surface area contributed by atoms with Crippen molar-refractivity contribution in [3.8, 4) is 0 Å². The maximum atomic E-state index is 9.70. The van der Waals surface area contributed by atoms with Gasteiger partial charge in [0, 0.05) is 5.41 Å². The minimum atomic E-state index is -0.644. The smallest absolute Gasteiger partial charge is 0.160 e. The lowest BCUT2D eigenvalue weighted by atomic mass is 9.75. The molecule has 3 rings (SSSR count). The van der Waals surface area contributed by atoms with Crippen molar-refractivity contribution in [2.24, 2.45) is 17.3 Å². The van der Waals surface area contributed by atoms with Crippen molar-refractivity contribution in [2.45, 2.75) is 38.3 Å². The summed E-state index contributed by atoms with van der Waals surface area (Å²) in [6.07, 6.45) is 0.925. The highest BCUT2D eigenvalue weighted by atomic mass is 16.6. The molecule has 12 heavy (non-hydrogen) atoms. The molecule has 3 heteroatoms. The second kappa shape index (κ2) is 1.86. The Morgan fingerprint density at radius 3 is 2.75 bits per heavy atom. The van der Waals surface area contributed by atoms with Crippen LogP contribution in [0.5, 0.6) is 0 Å². The molecule has 3 nitrogen and oxygen atoms in total. The van der Waals surface area contributed by atoms with Crippen molar-refractivity contribution in [2.75, 3.05) is 0 Å². The molecule has 1 heterocycles. The summed E-state index contributed by atoms with van der Waals surface area (Å²) in [5, 5.41) is 19.3. The van der Waals surface area contributed by atoms with Crippen LogP contribution in [-0.4, -0.2) is 28.7 Å². The van der Waals surface area contributed by atoms with Gasteiger partial charge in [0.25, 0.3) is 0 Å². The van der Waals surface area contributed by atoms with E-state index in [1.165, 1.54) is 0 Å². The molecule has 1 saturated heterocycles. The van der Waals surface area contributed by atoms with E-state index in [2.05, 4.69) is 6.92 Å². The summed E-state index contributed by atoms with van der Waals surface area (Å²) < 4.78 is 5.36. The van der Waals surface area contributed by atoms with Crippen molar-refractivity contribution in [3.05, 3.63) is 0 Å². The number of aliphatic hydroxyl groups is 2. The molecule has 2 saturated carbocycles. The molecule has 2 bridgehead atoms. The molecular formula is C9H14O3. The molecular weight excluding hydrogens is 156 g/mol. The van der Waals surface area contributed by atoms with Crippen LogP contribution in [0.1, 0.15) is 19.8 Å². The van der Waals surface area contributed by atoms with Gasteiger partial charge in [-0.3, -0.25) is 0 Å². The first kappa shape index (κ1) is 7.30. The van der Waals surface area contributed by atoms with Gasteiger partial charge >= 0.3 is 0 Å². The quantitative estimate of drug-likeness (QED) is 0.542. The zero-order valence-corrected chi connectivity index (χ0v) is 7.10. The molecule has 0 spiro atoms. The van der Waals surface area contributed by atoms with Crippen LogP contribution in [0.25, 0.3) is 0 Å². The maximum Gasteiger partial charge on any atom is 0.160 e. The van der Waals surface area contributed by atoms with Gasteiger partial charge in [-0.05, 0) is 24.7 Å². The highest BCUT2D eigenvalue weighted by Gasteiger charge is 2.66. The van der Waals surface area contributed by atoms with E-state index >= 15 is 0 Å². The van der Waals surface area contributed by atoms with Crippen molar-refractivity contribution in [1.29, 1.82) is 0 Å². The van der Waals surface area contributed by atoms with E-state index in [-0.39, 0.29) is 17.6 Å². The lowest BCUT2D eigenvalue weighted by Crippen LogP contribution is -2.36. The van der Waals surface area contributed by atoms with Gasteiger partial charge in [0.15, 0.2) is 6.29 Å². The van der Waals surface area contributed by atoms with Gasteiger partial charge in [-0.2, -0.15) is 0 Å². The molecule has 2 N–H and O–H groups in total. The molecule has 68 valence electrons. The fourth-order valence-electron chi connectivity index (χ4n) is 3.43. The van der Waals surface area contributed by atoms with E-state index < -0.39 is 6.29 Å². The predicted octanol–water partition coefficient (Wildman–Crippen LogP) is 0.111. The van der Waals surface area contributed by atoms with Crippen LogP contribution in [-0.2, 0) is 4.74 Å². The molecule has 0 aromatic rings. The monoisotopic (exact) mass is 170 g/mol. The van der Waals surface area contributed by atoms with Gasteiger partial charge in [-0.25, -0.2) is 0 Å². The molecule has 0 aromatic carbocycles. The van der Waals surface area contributed by atoms with Gasteiger partial charge in [-0.15, -0.1) is 0 Å². The van der Waals surface area contributed by atoms with Gasteiger partial charge in [0.05, 0.1) is 12.2 Å². The molecule has 2 aliphatic carbocycles. The van der Waals surface area contributed by atoms with Gasteiger partial charge in [-0.1, -0.05) is 6.92 Å². The average molecular weight is 170 g/mol. The zero-order chi connectivity index (χ0) is 8.51. The SMILES string of the molecule is CC12CC3CC1C(OC2O)C3O. The Balaban J connectivity index is 2.04. The zero-order valence-electron chi connectivity index (χ0n) is 7.10. The molecule has 0 aromatic heterocycles. The average Bonchev–Trinajstić information content (AvgIpc) is 2.53. The van der Waals surface area contributed by atoms with E-state index in [1.54, 1.807) is 0 Å². The number of fused-ring (bicyclic) bond motifs is 1. The third-order valence-electron chi connectivity index (χ3n) is 4.17. The number of rotatable bonds is 0. The third-order valence-corrected chi connectivity index (χ3v) is 4.17. The number of hydrogen-bond acceptors (Lipinski definition) is 3. The Hall–Kier alpha value is -0.120. The number of ether oxygens (including phenoxy) is 1. The molecule has 3 aliphatic rings. The van der Waals surface area contributed by atoms with Crippen molar-refractivity contribution in [1.82, 2.24) is 0 Å². The largest absolute Gasteiger partial charge is 0.390 e. The lowest BCUT2D eigenvalue weighted by Gasteiger charge is -2.30. The fourth-order valence-corrected chi connectivity index (χ4v) is 3.43. The summed E-state index contributed by atoms with van der Waals surface area (Å²) >= 11 is 0. The molecule has 1 aliphatic heterocycles. The first-order chi connectivity index (χ1) is 5.63. The molecule has 0 amide bonds. The van der Waals surface area contributed by atoms with E-state index in [9.17, 15) is 10.2 Å². The third kappa shape index (κ3) is 0.573. The molecule has 0 radical (unpaired) electrons. The highest BCUT2D eigenvalue weighted by Crippen LogP contribution is 2.62. The van der Waals surface area contributed by atoms with Crippen LogP contribution in [0.4, 0.5) is 0 Å². The lowest BCUT2D eigenvalue weighted by molar-refractivity contribution is -0.135. The molecule has 6 unspecified atom stereocenters. The summed E-state index contributed by atoms with van der Waals surface area (Å²) in [6, 6.07) is 0. The Labute approximate surface area is 71.3 Å². The molecule has 3 fully saturated rings. The topological polar surface area (TPSA) is 49.7 Å². The summed E-state index contributed by atoms with van der Waals surface area (Å²) in [4.78, 5) is 0. The Kier molecular flexibility index (Phi) is 1.13. The first-order valence-corrected chi connectivity index (χ1v) is 4.64. The van der Waals surface area contributed by atoms with Crippen LogP contribution in [0.3, 0.4) is 0 Å². The van der Waals surface area contributed by atoms with Crippen LogP contribution in [0.15, 0.2) is 0 Å². The number of hydrogen-bond donors (Lipinski definition) is 2.